The van der Waals surface area contributed by atoms with Gasteiger partial charge in [0.05, 0.1) is 6.42 Å². The predicted octanol–water partition coefficient (Wildman–Crippen LogP) is 4.26. The maximum absolute atomic E-state index is 12.1. The minimum absolute atomic E-state index is 0.110. The molecular formula is C19H19N3O2S. The van der Waals surface area contributed by atoms with E-state index in [1.807, 2.05) is 62.6 Å². The zero-order valence-corrected chi connectivity index (χ0v) is 15.2. The second-order valence-electron chi connectivity index (χ2n) is 5.78. The van der Waals surface area contributed by atoms with Crippen molar-refractivity contribution in [1.29, 1.82) is 0 Å². The maximum Gasteiger partial charge on any atom is 0.322 e. The number of nitrogens with zero attached hydrogens (tertiary/aromatic N) is 2. The molecule has 1 N–H and O–H groups in total. The first-order valence-corrected chi connectivity index (χ1v) is 9.11. The number of thioether (sulfide) groups is 1. The van der Waals surface area contributed by atoms with E-state index in [0.29, 0.717) is 5.89 Å². The van der Waals surface area contributed by atoms with E-state index >= 15 is 0 Å². The fraction of sp³-hybridized carbons (Fsp3) is 0.211. The van der Waals surface area contributed by atoms with E-state index < -0.39 is 0 Å². The summed E-state index contributed by atoms with van der Waals surface area (Å²) in [6.07, 6.45) is 2.28. The second kappa shape index (κ2) is 7.53. The van der Waals surface area contributed by atoms with Crippen LogP contribution in [0.3, 0.4) is 0 Å². The van der Waals surface area contributed by atoms with Gasteiger partial charge in [-0.3, -0.25) is 10.1 Å². The summed E-state index contributed by atoms with van der Waals surface area (Å²) in [7, 11) is 0. The molecule has 1 amide bonds. The SMILES string of the molecule is CSc1ccc(CC(=O)Nc2nnc(-c3ccc(C)c(C)c3)o2)cc1. The number of benzene rings is 2. The molecule has 0 aliphatic rings. The third kappa shape index (κ3) is 4.28. The molecule has 1 heterocycles. The highest BCUT2D eigenvalue weighted by Crippen LogP contribution is 2.22. The first kappa shape index (κ1) is 17.2. The van der Waals surface area contributed by atoms with Gasteiger partial charge in [0, 0.05) is 10.5 Å². The molecule has 0 aliphatic heterocycles. The number of aryl methyl sites for hydroxylation is 2. The van der Waals surface area contributed by atoms with E-state index in [2.05, 4.69) is 15.5 Å². The lowest BCUT2D eigenvalue weighted by molar-refractivity contribution is -0.115. The summed E-state index contributed by atoms with van der Waals surface area (Å²) in [5.41, 5.74) is 4.12. The lowest BCUT2D eigenvalue weighted by Crippen LogP contribution is -2.14. The van der Waals surface area contributed by atoms with Crippen LogP contribution in [0.5, 0.6) is 0 Å². The van der Waals surface area contributed by atoms with Crippen molar-refractivity contribution in [3.05, 3.63) is 59.2 Å². The van der Waals surface area contributed by atoms with Crippen LogP contribution in [0.1, 0.15) is 16.7 Å². The molecular weight excluding hydrogens is 334 g/mol. The van der Waals surface area contributed by atoms with Crippen LogP contribution in [0, 0.1) is 13.8 Å². The summed E-state index contributed by atoms with van der Waals surface area (Å²) in [6, 6.07) is 13.9. The van der Waals surface area contributed by atoms with Gasteiger partial charge in [0.15, 0.2) is 0 Å². The van der Waals surface area contributed by atoms with E-state index in [1.54, 1.807) is 11.8 Å². The summed E-state index contributed by atoms with van der Waals surface area (Å²) < 4.78 is 5.55. The Morgan fingerprint density at radius 1 is 1.08 bits per heavy atom. The van der Waals surface area contributed by atoms with Crippen LogP contribution in [-0.2, 0) is 11.2 Å². The molecule has 6 heteroatoms. The van der Waals surface area contributed by atoms with Gasteiger partial charge in [0.1, 0.15) is 0 Å². The first-order valence-electron chi connectivity index (χ1n) is 7.89. The van der Waals surface area contributed by atoms with Crippen LogP contribution >= 0.6 is 11.8 Å². The van der Waals surface area contributed by atoms with Gasteiger partial charge in [-0.1, -0.05) is 23.3 Å². The Kier molecular flexibility index (Phi) is 5.19. The summed E-state index contributed by atoms with van der Waals surface area (Å²) in [6.45, 7) is 4.07. The highest BCUT2D eigenvalue weighted by molar-refractivity contribution is 7.98. The molecule has 0 bridgehead atoms. The topological polar surface area (TPSA) is 68.0 Å². The van der Waals surface area contributed by atoms with Crippen LogP contribution in [0.4, 0.5) is 6.01 Å². The first-order chi connectivity index (χ1) is 12.0. The van der Waals surface area contributed by atoms with Gasteiger partial charge in [0.2, 0.25) is 11.8 Å². The van der Waals surface area contributed by atoms with Gasteiger partial charge in [-0.2, -0.15) is 0 Å². The van der Waals surface area contributed by atoms with Gasteiger partial charge in [0.25, 0.3) is 0 Å². The highest BCUT2D eigenvalue weighted by atomic mass is 32.2. The average Bonchev–Trinajstić information content (AvgIpc) is 3.06. The number of carbonyl (C=O) groups is 1. The largest absolute Gasteiger partial charge is 0.403 e. The number of hydrogen-bond donors (Lipinski definition) is 1. The molecule has 25 heavy (non-hydrogen) atoms. The van der Waals surface area contributed by atoms with Crippen LogP contribution in [0.2, 0.25) is 0 Å². The molecule has 0 saturated heterocycles. The smallest absolute Gasteiger partial charge is 0.322 e. The molecule has 0 aliphatic carbocycles. The zero-order chi connectivity index (χ0) is 17.8. The van der Waals surface area contributed by atoms with Crippen LogP contribution in [0.25, 0.3) is 11.5 Å². The van der Waals surface area contributed by atoms with Crippen molar-refractivity contribution < 1.29 is 9.21 Å². The lowest BCUT2D eigenvalue weighted by atomic mass is 10.1. The molecule has 0 unspecified atom stereocenters. The Hall–Kier alpha value is -2.60. The monoisotopic (exact) mass is 353 g/mol. The number of anilines is 1. The van der Waals surface area contributed by atoms with Crippen molar-refractivity contribution in [1.82, 2.24) is 10.2 Å². The van der Waals surface area contributed by atoms with Gasteiger partial charge in [-0.15, -0.1) is 16.9 Å². The van der Waals surface area contributed by atoms with E-state index in [9.17, 15) is 4.79 Å². The van der Waals surface area contributed by atoms with Crippen LogP contribution < -0.4 is 5.32 Å². The van der Waals surface area contributed by atoms with Crippen LogP contribution in [-0.4, -0.2) is 22.4 Å². The van der Waals surface area contributed by atoms with E-state index in [4.69, 9.17) is 4.42 Å². The van der Waals surface area contributed by atoms with E-state index in [0.717, 1.165) is 16.7 Å². The Balaban J connectivity index is 1.65. The summed E-state index contributed by atoms with van der Waals surface area (Å²) in [5.74, 6) is 0.204. The van der Waals surface area contributed by atoms with Crippen molar-refractivity contribution in [3.8, 4) is 11.5 Å². The van der Waals surface area contributed by atoms with E-state index in [-0.39, 0.29) is 18.3 Å². The van der Waals surface area contributed by atoms with Crippen molar-refractivity contribution in [2.45, 2.75) is 25.2 Å². The molecule has 0 spiro atoms. The molecule has 128 valence electrons. The minimum Gasteiger partial charge on any atom is -0.403 e. The second-order valence-corrected chi connectivity index (χ2v) is 6.66. The molecule has 0 fully saturated rings. The normalized spacial score (nSPS) is 10.7. The fourth-order valence-corrected chi connectivity index (χ4v) is 2.77. The van der Waals surface area contributed by atoms with Gasteiger partial charge in [-0.05, 0) is 61.1 Å². The fourth-order valence-electron chi connectivity index (χ4n) is 2.36. The highest BCUT2D eigenvalue weighted by Gasteiger charge is 2.12. The predicted molar refractivity (Wildman–Crippen MR) is 99.8 cm³/mol. The number of nitrogens with one attached hydrogen (secondary N) is 1. The number of carbonyl (C=O) groups excluding carboxylic acids is 1. The van der Waals surface area contributed by atoms with E-state index in [1.165, 1.54) is 10.5 Å². The Labute approximate surface area is 150 Å². The molecule has 3 aromatic rings. The summed E-state index contributed by atoms with van der Waals surface area (Å²) in [5, 5.41) is 10.6. The Morgan fingerprint density at radius 3 is 2.52 bits per heavy atom. The summed E-state index contributed by atoms with van der Waals surface area (Å²) >= 11 is 1.67. The van der Waals surface area contributed by atoms with Gasteiger partial charge < -0.3 is 4.42 Å². The number of hydrogen-bond acceptors (Lipinski definition) is 5. The van der Waals surface area contributed by atoms with Gasteiger partial charge in [-0.25, -0.2) is 0 Å². The van der Waals surface area contributed by atoms with Crippen molar-refractivity contribution in [3.63, 3.8) is 0 Å². The number of amides is 1. The molecule has 3 rings (SSSR count). The Bertz CT molecular complexity index is 888. The number of aromatic nitrogens is 2. The maximum atomic E-state index is 12.1. The third-order valence-electron chi connectivity index (χ3n) is 3.95. The summed E-state index contributed by atoms with van der Waals surface area (Å²) in [4.78, 5) is 13.3. The van der Waals surface area contributed by atoms with Gasteiger partial charge >= 0.3 is 6.01 Å². The average molecular weight is 353 g/mol. The molecule has 0 atom stereocenters. The third-order valence-corrected chi connectivity index (χ3v) is 4.69. The zero-order valence-electron chi connectivity index (χ0n) is 14.4. The number of rotatable bonds is 5. The molecule has 0 saturated carbocycles. The van der Waals surface area contributed by atoms with Crippen molar-refractivity contribution in [2.75, 3.05) is 11.6 Å². The van der Waals surface area contributed by atoms with Crippen LogP contribution in [0.15, 0.2) is 51.8 Å². The molecule has 5 nitrogen and oxygen atoms in total. The molecule has 0 radical (unpaired) electrons. The molecule has 2 aromatic carbocycles. The van der Waals surface area contributed by atoms with Crippen molar-refractivity contribution >= 4 is 23.7 Å². The standard InChI is InChI=1S/C19H19N3O2S/c1-12-4-7-15(10-13(12)2)18-21-22-19(24-18)20-17(23)11-14-5-8-16(25-3)9-6-14/h4-10H,11H2,1-3H3,(H,20,22,23). The lowest BCUT2D eigenvalue weighted by Gasteiger charge is -2.03. The van der Waals surface area contributed by atoms with Crippen molar-refractivity contribution in [2.24, 2.45) is 0 Å². The quantitative estimate of drug-likeness (QED) is 0.694. The Morgan fingerprint density at radius 2 is 1.84 bits per heavy atom. The minimum atomic E-state index is -0.188. The molecule has 1 aromatic heterocycles.